The van der Waals surface area contributed by atoms with Crippen LogP contribution in [-0.2, 0) is 0 Å². The minimum Gasteiger partial charge on any atom is -0.390 e. The largest absolute Gasteiger partial charge is 0.390 e. The first kappa shape index (κ1) is 22.7. The normalized spacial score (nSPS) is 56.2. The first-order chi connectivity index (χ1) is 14.2. The van der Waals surface area contributed by atoms with Crippen molar-refractivity contribution in [1.29, 1.82) is 0 Å². The van der Waals surface area contributed by atoms with Crippen LogP contribution in [0.25, 0.3) is 0 Å². The number of aliphatic hydroxyl groups is 1. The third-order valence-corrected chi connectivity index (χ3v) is 13.6. The van der Waals surface area contributed by atoms with Crippen molar-refractivity contribution in [1.82, 2.24) is 0 Å². The summed E-state index contributed by atoms with van der Waals surface area (Å²) in [5, 5.41) is 11.0. The second-order valence-corrected chi connectivity index (χ2v) is 15.4. The second kappa shape index (κ2) is 6.55. The van der Waals surface area contributed by atoms with E-state index in [0.717, 1.165) is 23.7 Å². The number of fused-ring (bicyclic) bond motifs is 7. The maximum atomic E-state index is 11.0. The molecule has 5 rings (SSSR count). The van der Waals surface area contributed by atoms with Crippen LogP contribution in [0.4, 0.5) is 0 Å². The van der Waals surface area contributed by atoms with Gasteiger partial charge in [0.15, 0.2) is 0 Å². The van der Waals surface area contributed by atoms with Gasteiger partial charge in [-0.15, -0.1) is 0 Å². The molecule has 5 fully saturated rings. The zero-order valence-electron chi connectivity index (χ0n) is 22.1. The Labute approximate surface area is 193 Å². The maximum Gasteiger partial charge on any atom is 0.0622 e. The van der Waals surface area contributed by atoms with E-state index >= 15 is 0 Å². The van der Waals surface area contributed by atoms with Gasteiger partial charge in [-0.25, -0.2) is 0 Å². The average molecular weight is 429 g/mol. The summed E-state index contributed by atoms with van der Waals surface area (Å²) in [6.07, 6.45) is 15.5. The molecule has 0 aromatic heterocycles. The summed E-state index contributed by atoms with van der Waals surface area (Å²) in [5.74, 6) is 3.91. The predicted molar refractivity (Wildman–Crippen MR) is 131 cm³/mol. The van der Waals surface area contributed by atoms with Gasteiger partial charge in [-0.3, -0.25) is 0 Å². The first-order valence-corrected chi connectivity index (χ1v) is 13.9. The summed E-state index contributed by atoms with van der Waals surface area (Å²) in [4.78, 5) is 0. The van der Waals surface area contributed by atoms with Crippen molar-refractivity contribution < 1.29 is 5.11 Å². The Bertz CT molecular complexity index is 731. The van der Waals surface area contributed by atoms with Crippen LogP contribution < -0.4 is 0 Å². The minimum absolute atomic E-state index is 0.440. The highest BCUT2D eigenvalue weighted by Crippen LogP contribution is 2.78. The molecular weight excluding hydrogens is 376 g/mol. The van der Waals surface area contributed by atoms with E-state index in [9.17, 15) is 5.11 Å². The Morgan fingerprint density at radius 3 is 1.81 bits per heavy atom. The summed E-state index contributed by atoms with van der Waals surface area (Å²) < 4.78 is 0. The van der Waals surface area contributed by atoms with Crippen LogP contribution >= 0.6 is 0 Å². The fraction of sp³-hybridized carbons (Fsp3) is 1.00. The molecule has 0 saturated heterocycles. The lowest BCUT2D eigenvalue weighted by Gasteiger charge is -2.73. The van der Waals surface area contributed by atoms with E-state index in [1.54, 1.807) is 0 Å². The van der Waals surface area contributed by atoms with Crippen molar-refractivity contribution >= 4 is 0 Å². The van der Waals surface area contributed by atoms with Crippen molar-refractivity contribution in [3.8, 4) is 0 Å². The monoisotopic (exact) mass is 428 g/mol. The van der Waals surface area contributed by atoms with Crippen LogP contribution in [0.5, 0.6) is 0 Å². The van der Waals surface area contributed by atoms with E-state index in [-0.39, 0.29) is 0 Å². The van der Waals surface area contributed by atoms with E-state index < -0.39 is 5.60 Å². The molecule has 0 heterocycles. The Hall–Kier alpha value is -0.0400. The van der Waals surface area contributed by atoms with E-state index in [1.165, 1.54) is 70.6 Å². The lowest BCUT2D eigenvalue weighted by atomic mass is 9.32. The van der Waals surface area contributed by atoms with Gasteiger partial charge in [0.1, 0.15) is 0 Å². The van der Waals surface area contributed by atoms with E-state index in [2.05, 4.69) is 55.4 Å². The molecule has 5 saturated carbocycles. The third kappa shape index (κ3) is 2.77. The lowest BCUT2D eigenvalue weighted by Crippen LogP contribution is -2.66. The fourth-order valence-electron chi connectivity index (χ4n) is 12.1. The summed E-state index contributed by atoms with van der Waals surface area (Å²) in [7, 11) is 0. The van der Waals surface area contributed by atoms with Gasteiger partial charge in [0.05, 0.1) is 5.60 Å². The third-order valence-electron chi connectivity index (χ3n) is 13.6. The SMILES string of the molecule is CC1(C)CCC[C@@]2(C)C1CC[C@]1(C)C2CCC2[C@@]3(C)CC[C@H](C(C)(C)O)[C@@H]3CC[C@]21C. The van der Waals surface area contributed by atoms with E-state index in [4.69, 9.17) is 0 Å². The van der Waals surface area contributed by atoms with Crippen molar-refractivity contribution in [2.24, 2.45) is 56.7 Å². The molecule has 0 amide bonds. The number of hydrogen-bond donors (Lipinski definition) is 1. The Morgan fingerprint density at radius 1 is 0.613 bits per heavy atom. The lowest BCUT2D eigenvalue weighted by molar-refractivity contribution is -0.243. The molecule has 0 aromatic rings. The molecule has 3 unspecified atom stereocenters. The Morgan fingerprint density at radius 2 is 1.19 bits per heavy atom. The summed E-state index contributed by atoms with van der Waals surface area (Å²) in [6, 6.07) is 0. The molecule has 178 valence electrons. The van der Waals surface area contributed by atoms with Crippen LogP contribution in [0.15, 0.2) is 0 Å². The fourth-order valence-corrected chi connectivity index (χ4v) is 12.1. The highest BCUT2D eigenvalue weighted by atomic mass is 16.3. The van der Waals surface area contributed by atoms with Crippen LogP contribution in [0.1, 0.15) is 126 Å². The molecular formula is C30H52O. The van der Waals surface area contributed by atoms with E-state index in [1.807, 2.05) is 0 Å². The molecule has 1 heteroatoms. The van der Waals surface area contributed by atoms with Crippen LogP contribution in [0.3, 0.4) is 0 Å². The zero-order valence-corrected chi connectivity index (χ0v) is 22.1. The second-order valence-electron chi connectivity index (χ2n) is 15.4. The average Bonchev–Trinajstić information content (AvgIpc) is 2.99. The van der Waals surface area contributed by atoms with Crippen molar-refractivity contribution in [2.45, 2.75) is 132 Å². The molecule has 5 aliphatic carbocycles. The molecule has 0 spiro atoms. The van der Waals surface area contributed by atoms with Crippen LogP contribution in [-0.4, -0.2) is 10.7 Å². The van der Waals surface area contributed by atoms with Gasteiger partial charge < -0.3 is 5.11 Å². The summed E-state index contributed by atoms with van der Waals surface area (Å²) in [6.45, 7) is 20.3. The highest BCUT2D eigenvalue weighted by Gasteiger charge is 2.70. The molecule has 0 radical (unpaired) electrons. The van der Waals surface area contributed by atoms with Crippen molar-refractivity contribution in [3.63, 3.8) is 0 Å². The van der Waals surface area contributed by atoms with Gasteiger partial charge in [-0.2, -0.15) is 0 Å². The van der Waals surface area contributed by atoms with Gasteiger partial charge in [-0.1, -0.05) is 48.0 Å². The molecule has 0 bridgehead atoms. The Kier molecular flexibility index (Phi) is 4.80. The van der Waals surface area contributed by atoms with Crippen molar-refractivity contribution in [2.75, 3.05) is 0 Å². The molecule has 0 aromatic carbocycles. The Balaban J connectivity index is 1.52. The molecule has 31 heavy (non-hydrogen) atoms. The van der Waals surface area contributed by atoms with Gasteiger partial charge in [0, 0.05) is 0 Å². The van der Waals surface area contributed by atoms with Gasteiger partial charge in [0.25, 0.3) is 0 Å². The maximum absolute atomic E-state index is 11.0. The molecule has 1 N–H and O–H groups in total. The smallest absolute Gasteiger partial charge is 0.0622 e. The summed E-state index contributed by atoms with van der Waals surface area (Å²) in [5.41, 5.74) is 1.97. The quantitative estimate of drug-likeness (QED) is 0.445. The predicted octanol–water partition coefficient (Wildman–Crippen LogP) is 8.25. The molecule has 1 nitrogen and oxygen atoms in total. The van der Waals surface area contributed by atoms with Crippen LogP contribution in [0, 0.1) is 56.7 Å². The van der Waals surface area contributed by atoms with Crippen LogP contribution in [0.2, 0.25) is 0 Å². The van der Waals surface area contributed by atoms with E-state index in [0.29, 0.717) is 33.0 Å². The molecule has 5 aliphatic rings. The molecule has 9 atom stereocenters. The van der Waals surface area contributed by atoms with Gasteiger partial charge in [0.2, 0.25) is 0 Å². The highest BCUT2D eigenvalue weighted by molar-refractivity contribution is 5.19. The summed E-state index contributed by atoms with van der Waals surface area (Å²) >= 11 is 0. The number of rotatable bonds is 1. The zero-order chi connectivity index (χ0) is 22.7. The molecule has 0 aliphatic heterocycles. The van der Waals surface area contributed by atoms with Gasteiger partial charge >= 0.3 is 0 Å². The number of hydrogen-bond acceptors (Lipinski definition) is 1. The minimum atomic E-state index is -0.517. The standard InChI is InChI=1S/C30H52O/c1-25(2)15-9-16-28(6)22(25)14-19-30(8)24(28)11-10-23-27(5)17-12-20(26(3,4)31)21(27)13-18-29(23,30)7/h20-24,31H,9-19H2,1-8H3/t20-,21-,22?,23?,24?,27-,28-,29+,30+/m0/s1. The first-order valence-electron chi connectivity index (χ1n) is 13.9. The van der Waals surface area contributed by atoms with Crippen molar-refractivity contribution in [3.05, 3.63) is 0 Å². The van der Waals surface area contributed by atoms with Gasteiger partial charge in [-0.05, 0) is 135 Å². The topological polar surface area (TPSA) is 20.2 Å².